The Kier molecular flexibility index (Phi) is 1.36. The molecule has 2 heterocycles. The van der Waals surface area contributed by atoms with Gasteiger partial charge >= 0.3 is 0 Å². The molecule has 5 nitrogen and oxygen atoms in total. The van der Waals surface area contributed by atoms with Crippen molar-refractivity contribution in [3.05, 3.63) is 18.6 Å². The number of anilines is 1. The van der Waals surface area contributed by atoms with E-state index in [0.29, 0.717) is 11.4 Å². The number of aromatic nitrogens is 3. The van der Waals surface area contributed by atoms with Crippen LogP contribution in [0.2, 0.25) is 0 Å². The summed E-state index contributed by atoms with van der Waals surface area (Å²) in [6.07, 6.45) is 3.30. The van der Waals surface area contributed by atoms with Crippen LogP contribution in [0.15, 0.2) is 18.6 Å². The molecule has 62 valence electrons. The van der Waals surface area contributed by atoms with Crippen molar-refractivity contribution < 1.29 is 4.74 Å². The number of hydrogen-bond acceptors (Lipinski definition) is 4. The molecule has 0 aliphatic rings. The Balaban J connectivity index is 2.73. The van der Waals surface area contributed by atoms with Gasteiger partial charge in [0.25, 0.3) is 0 Å². The SMILES string of the molecule is COc1cc2nncn2cc1N. The molecule has 5 heteroatoms. The van der Waals surface area contributed by atoms with Gasteiger partial charge in [-0.2, -0.15) is 0 Å². The average molecular weight is 164 g/mol. The second kappa shape index (κ2) is 2.37. The summed E-state index contributed by atoms with van der Waals surface area (Å²) in [5, 5.41) is 7.57. The third-order valence-corrected chi connectivity index (χ3v) is 1.64. The number of nitrogens with two attached hydrogens (primary N) is 1. The minimum absolute atomic E-state index is 0.574. The van der Waals surface area contributed by atoms with Crippen LogP contribution in [-0.2, 0) is 0 Å². The molecule has 0 aliphatic heterocycles. The van der Waals surface area contributed by atoms with Crippen LogP contribution in [-0.4, -0.2) is 21.7 Å². The van der Waals surface area contributed by atoms with Crippen molar-refractivity contribution in [3.63, 3.8) is 0 Å². The second-order valence-electron chi connectivity index (χ2n) is 2.39. The van der Waals surface area contributed by atoms with Crippen molar-refractivity contribution in [2.24, 2.45) is 0 Å². The normalized spacial score (nSPS) is 10.4. The lowest BCUT2D eigenvalue weighted by molar-refractivity contribution is 0.417. The van der Waals surface area contributed by atoms with E-state index in [1.807, 2.05) is 0 Å². The monoisotopic (exact) mass is 164 g/mol. The van der Waals surface area contributed by atoms with E-state index in [9.17, 15) is 0 Å². The number of nitrogen functional groups attached to an aromatic ring is 1. The van der Waals surface area contributed by atoms with E-state index in [0.717, 1.165) is 5.65 Å². The van der Waals surface area contributed by atoms with E-state index in [1.54, 1.807) is 30.1 Å². The summed E-state index contributed by atoms with van der Waals surface area (Å²) in [6, 6.07) is 1.74. The van der Waals surface area contributed by atoms with Gasteiger partial charge in [-0.25, -0.2) is 0 Å². The maximum absolute atomic E-state index is 5.65. The first-order valence-corrected chi connectivity index (χ1v) is 3.44. The standard InChI is InChI=1S/C7H8N4O/c1-12-6-2-7-10-9-4-11(7)3-5(6)8/h2-4H,8H2,1H3. The van der Waals surface area contributed by atoms with E-state index < -0.39 is 0 Å². The van der Waals surface area contributed by atoms with Gasteiger partial charge in [0.05, 0.1) is 12.8 Å². The van der Waals surface area contributed by atoms with Crippen molar-refractivity contribution in [1.82, 2.24) is 14.6 Å². The van der Waals surface area contributed by atoms with Crippen LogP contribution in [0.25, 0.3) is 5.65 Å². The zero-order chi connectivity index (χ0) is 8.55. The Morgan fingerprint density at radius 2 is 2.42 bits per heavy atom. The first kappa shape index (κ1) is 6.90. The maximum atomic E-state index is 5.65. The highest BCUT2D eigenvalue weighted by molar-refractivity contribution is 5.58. The molecular formula is C7H8N4O. The zero-order valence-corrected chi connectivity index (χ0v) is 6.56. The first-order chi connectivity index (χ1) is 5.81. The molecule has 0 amide bonds. The van der Waals surface area contributed by atoms with Crippen LogP contribution in [0.5, 0.6) is 5.75 Å². The molecule has 0 saturated carbocycles. The van der Waals surface area contributed by atoms with Crippen LogP contribution in [0.4, 0.5) is 5.69 Å². The minimum atomic E-state index is 0.574. The van der Waals surface area contributed by atoms with E-state index in [4.69, 9.17) is 10.5 Å². The minimum Gasteiger partial charge on any atom is -0.494 e. The molecule has 0 radical (unpaired) electrons. The fraction of sp³-hybridized carbons (Fsp3) is 0.143. The summed E-state index contributed by atoms with van der Waals surface area (Å²) >= 11 is 0. The Hall–Kier alpha value is -1.78. The molecule has 0 saturated heterocycles. The molecule has 2 N–H and O–H groups in total. The smallest absolute Gasteiger partial charge is 0.164 e. The Morgan fingerprint density at radius 3 is 3.17 bits per heavy atom. The predicted molar refractivity (Wildman–Crippen MR) is 44.0 cm³/mol. The van der Waals surface area contributed by atoms with E-state index in [2.05, 4.69) is 10.2 Å². The lowest BCUT2D eigenvalue weighted by Crippen LogP contribution is -1.95. The number of rotatable bonds is 1. The van der Waals surface area contributed by atoms with Gasteiger partial charge in [-0.1, -0.05) is 0 Å². The van der Waals surface area contributed by atoms with Gasteiger partial charge < -0.3 is 10.5 Å². The summed E-state index contributed by atoms with van der Waals surface area (Å²) in [7, 11) is 1.57. The van der Waals surface area contributed by atoms with Crippen LogP contribution < -0.4 is 10.5 Å². The van der Waals surface area contributed by atoms with Crippen molar-refractivity contribution in [2.45, 2.75) is 0 Å². The highest BCUT2D eigenvalue weighted by Crippen LogP contribution is 2.21. The van der Waals surface area contributed by atoms with Gasteiger partial charge in [-0.05, 0) is 0 Å². The number of ether oxygens (including phenoxy) is 1. The lowest BCUT2D eigenvalue weighted by Gasteiger charge is -2.03. The van der Waals surface area contributed by atoms with E-state index in [-0.39, 0.29) is 0 Å². The second-order valence-corrected chi connectivity index (χ2v) is 2.39. The Morgan fingerprint density at radius 1 is 1.58 bits per heavy atom. The first-order valence-electron chi connectivity index (χ1n) is 3.44. The van der Waals surface area contributed by atoms with Crippen molar-refractivity contribution in [1.29, 1.82) is 0 Å². The topological polar surface area (TPSA) is 65.4 Å². The maximum Gasteiger partial charge on any atom is 0.164 e. The van der Waals surface area contributed by atoms with Gasteiger partial charge in [0, 0.05) is 12.3 Å². The van der Waals surface area contributed by atoms with Crippen molar-refractivity contribution >= 4 is 11.3 Å². The van der Waals surface area contributed by atoms with Gasteiger partial charge in [0.15, 0.2) is 5.65 Å². The van der Waals surface area contributed by atoms with Crippen LogP contribution >= 0.6 is 0 Å². The predicted octanol–water partition coefficient (Wildman–Crippen LogP) is 0.320. The molecule has 0 unspecified atom stereocenters. The molecule has 2 aromatic heterocycles. The molecule has 0 bridgehead atoms. The fourth-order valence-electron chi connectivity index (χ4n) is 1.05. The molecule has 0 atom stereocenters. The summed E-state index contributed by atoms with van der Waals surface area (Å²) in [5.74, 6) is 0.621. The number of methoxy groups -OCH3 is 1. The largest absolute Gasteiger partial charge is 0.494 e. The van der Waals surface area contributed by atoms with Gasteiger partial charge in [0.2, 0.25) is 0 Å². The van der Waals surface area contributed by atoms with E-state index in [1.165, 1.54) is 0 Å². The van der Waals surface area contributed by atoms with E-state index >= 15 is 0 Å². The molecule has 0 aliphatic carbocycles. The van der Waals surface area contributed by atoms with Crippen LogP contribution in [0.1, 0.15) is 0 Å². The van der Waals surface area contributed by atoms with Crippen LogP contribution in [0, 0.1) is 0 Å². The molecular weight excluding hydrogens is 156 g/mol. The molecule has 0 spiro atoms. The summed E-state index contributed by atoms with van der Waals surface area (Å²) in [6.45, 7) is 0. The number of nitrogens with zero attached hydrogens (tertiary/aromatic N) is 3. The molecule has 2 aromatic rings. The summed E-state index contributed by atoms with van der Waals surface area (Å²) in [4.78, 5) is 0. The van der Waals surface area contributed by atoms with Crippen LogP contribution in [0.3, 0.4) is 0 Å². The quantitative estimate of drug-likeness (QED) is 0.659. The molecule has 0 fully saturated rings. The number of hydrogen-bond donors (Lipinski definition) is 1. The summed E-state index contributed by atoms with van der Waals surface area (Å²) < 4.78 is 6.75. The fourth-order valence-corrected chi connectivity index (χ4v) is 1.05. The van der Waals surface area contributed by atoms with Gasteiger partial charge in [-0.3, -0.25) is 4.40 Å². The molecule has 2 rings (SSSR count). The zero-order valence-electron chi connectivity index (χ0n) is 6.56. The van der Waals surface area contributed by atoms with Crippen molar-refractivity contribution in [2.75, 3.05) is 12.8 Å². The number of fused-ring (bicyclic) bond motifs is 1. The Bertz CT molecular complexity index is 409. The number of pyridine rings is 1. The summed E-state index contributed by atoms with van der Waals surface area (Å²) in [5.41, 5.74) is 6.95. The average Bonchev–Trinajstić information content (AvgIpc) is 2.49. The van der Waals surface area contributed by atoms with Crippen molar-refractivity contribution in [3.8, 4) is 5.75 Å². The third-order valence-electron chi connectivity index (χ3n) is 1.64. The highest BCUT2D eigenvalue weighted by Gasteiger charge is 2.02. The molecule has 12 heavy (non-hydrogen) atoms. The third kappa shape index (κ3) is 0.868. The molecule has 0 aromatic carbocycles. The van der Waals surface area contributed by atoms with Gasteiger partial charge in [-0.15, -0.1) is 10.2 Å². The van der Waals surface area contributed by atoms with Gasteiger partial charge in [0.1, 0.15) is 12.1 Å². The lowest BCUT2D eigenvalue weighted by atomic mass is 10.4. The Labute approximate surface area is 68.8 Å². The highest BCUT2D eigenvalue weighted by atomic mass is 16.5.